The molecule has 0 heterocycles. The molecule has 0 N–H and O–H groups in total. The van der Waals surface area contributed by atoms with E-state index in [1.54, 1.807) is 6.07 Å². The van der Waals surface area contributed by atoms with Crippen molar-refractivity contribution < 1.29 is 8.78 Å². The van der Waals surface area contributed by atoms with Gasteiger partial charge in [-0.15, -0.1) is 0 Å². The fourth-order valence-corrected chi connectivity index (χ4v) is 3.42. The summed E-state index contributed by atoms with van der Waals surface area (Å²) in [6, 6.07) is 3.72. The van der Waals surface area contributed by atoms with Crippen molar-refractivity contribution >= 4 is 27.5 Å². The van der Waals surface area contributed by atoms with Gasteiger partial charge in [-0.2, -0.15) is 0 Å². The average molecular weight is 324 g/mol. The Hall–Kier alpha value is -0.150. The molecule has 1 aromatic rings. The average Bonchev–Trinajstić information content (AvgIpc) is 2.48. The number of aryl methyl sites for hydroxylation is 1. The summed E-state index contributed by atoms with van der Waals surface area (Å²) in [5.41, 5.74) is 1.37. The number of rotatable bonds is 1. The van der Waals surface area contributed by atoms with Crippen molar-refractivity contribution in [2.45, 2.75) is 44.4 Å². The van der Waals surface area contributed by atoms with Crippen molar-refractivity contribution in [3.05, 3.63) is 32.8 Å². The number of hydrogen-bond donors (Lipinski definition) is 0. The van der Waals surface area contributed by atoms with Crippen molar-refractivity contribution in [2.75, 3.05) is 0 Å². The van der Waals surface area contributed by atoms with E-state index in [4.69, 9.17) is 11.6 Å². The quantitative estimate of drug-likeness (QED) is 0.641. The lowest BCUT2D eigenvalue weighted by Crippen LogP contribution is -2.21. The summed E-state index contributed by atoms with van der Waals surface area (Å²) in [5.74, 6) is -2.56. The zero-order valence-electron chi connectivity index (χ0n) is 9.79. The lowest BCUT2D eigenvalue weighted by Gasteiger charge is -2.26. The van der Waals surface area contributed by atoms with E-state index in [0.29, 0.717) is 11.4 Å². The van der Waals surface area contributed by atoms with Gasteiger partial charge in [-0.3, -0.25) is 0 Å². The maximum Gasteiger partial charge on any atom is 0.249 e. The molecule has 2 rings (SSSR count). The zero-order chi connectivity index (χ0) is 12.8. The van der Waals surface area contributed by atoms with Crippen molar-refractivity contribution in [3.63, 3.8) is 0 Å². The lowest BCUT2D eigenvalue weighted by molar-refractivity contribution is 0.00356. The molecule has 94 valence electrons. The van der Waals surface area contributed by atoms with E-state index in [-0.39, 0.29) is 12.8 Å². The van der Waals surface area contributed by atoms with Crippen LogP contribution in [0.5, 0.6) is 0 Å². The Morgan fingerprint density at radius 3 is 2.47 bits per heavy atom. The van der Waals surface area contributed by atoms with Crippen molar-refractivity contribution in [2.24, 2.45) is 0 Å². The molecule has 0 nitrogen and oxygen atoms in total. The molecule has 1 aliphatic carbocycles. The molecule has 0 aromatic heterocycles. The highest BCUT2D eigenvalue weighted by molar-refractivity contribution is 9.10. The Balaban J connectivity index is 2.44. The van der Waals surface area contributed by atoms with Crippen LogP contribution in [0.2, 0.25) is 5.02 Å². The Bertz CT molecular complexity index is 459. The zero-order valence-corrected chi connectivity index (χ0v) is 12.1. The number of halogens is 4. The predicted molar refractivity (Wildman–Crippen MR) is 70.0 cm³/mol. The fraction of sp³-hybridized carbons (Fsp3) is 0.538. The molecule has 4 heteroatoms. The van der Waals surface area contributed by atoms with Gasteiger partial charge in [0, 0.05) is 22.3 Å². The van der Waals surface area contributed by atoms with Crippen LogP contribution in [0.3, 0.4) is 0 Å². The van der Waals surface area contributed by atoms with Gasteiger partial charge < -0.3 is 0 Å². The first-order chi connectivity index (χ1) is 7.73. The summed E-state index contributed by atoms with van der Waals surface area (Å²) >= 11 is 9.59. The number of hydrogen-bond acceptors (Lipinski definition) is 0. The number of benzene rings is 1. The van der Waals surface area contributed by atoms with E-state index in [9.17, 15) is 8.78 Å². The summed E-state index contributed by atoms with van der Waals surface area (Å²) in [5, 5.41) is 0.572. The molecule has 1 saturated carbocycles. The summed E-state index contributed by atoms with van der Waals surface area (Å²) in [6.07, 6.45) is 0.330. The van der Waals surface area contributed by atoms with Gasteiger partial charge in [0.2, 0.25) is 5.92 Å². The lowest BCUT2D eigenvalue weighted by atomic mass is 9.80. The number of alkyl halides is 2. The van der Waals surface area contributed by atoms with Gasteiger partial charge in [-0.25, -0.2) is 8.78 Å². The van der Waals surface area contributed by atoms with E-state index in [1.807, 2.05) is 19.9 Å². The third-order valence-corrected chi connectivity index (χ3v) is 4.76. The van der Waals surface area contributed by atoms with E-state index in [1.165, 1.54) is 0 Å². The molecule has 1 atom stereocenters. The maximum absolute atomic E-state index is 13.4. The molecule has 1 unspecified atom stereocenters. The van der Waals surface area contributed by atoms with Gasteiger partial charge in [0.25, 0.3) is 0 Å². The summed E-state index contributed by atoms with van der Waals surface area (Å²) in [6.45, 7) is 3.82. The molecule has 0 spiro atoms. The largest absolute Gasteiger partial charge is 0.249 e. The Morgan fingerprint density at radius 2 is 1.94 bits per heavy atom. The molecule has 0 bridgehead atoms. The summed E-state index contributed by atoms with van der Waals surface area (Å²) in [7, 11) is 0. The predicted octanol–water partition coefficient (Wildman–Crippen LogP) is 5.49. The van der Waals surface area contributed by atoms with E-state index in [2.05, 4.69) is 15.9 Å². The van der Waals surface area contributed by atoms with Crippen LogP contribution in [0.15, 0.2) is 16.6 Å². The first-order valence-electron chi connectivity index (χ1n) is 5.57. The van der Waals surface area contributed by atoms with E-state index in [0.717, 1.165) is 15.6 Å². The second-order valence-corrected chi connectivity index (χ2v) is 6.44. The molecular formula is C13H14BrClF2. The van der Waals surface area contributed by atoms with Crippen LogP contribution in [0.25, 0.3) is 0 Å². The van der Waals surface area contributed by atoms with Crippen LogP contribution in [0, 0.1) is 6.92 Å². The van der Waals surface area contributed by atoms with Gasteiger partial charge in [-0.05, 0) is 36.0 Å². The Kier molecular flexibility index (Phi) is 3.28. The van der Waals surface area contributed by atoms with Crippen molar-refractivity contribution in [1.82, 2.24) is 0 Å². The molecule has 17 heavy (non-hydrogen) atoms. The van der Waals surface area contributed by atoms with Crippen LogP contribution in [-0.4, -0.2) is 5.92 Å². The molecule has 0 amide bonds. The van der Waals surface area contributed by atoms with Crippen LogP contribution in [0.1, 0.15) is 37.3 Å². The molecular weight excluding hydrogens is 309 g/mol. The summed E-state index contributed by atoms with van der Waals surface area (Å²) in [4.78, 5) is 0. The van der Waals surface area contributed by atoms with E-state index >= 15 is 0 Å². The van der Waals surface area contributed by atoms with Gasteiger partial charge in [0.15, 0.2) is 0 Å². The SMILES string of the molecule is Cc1cc(C2(C)CCC(F)(F)C2)c(Cl)cc1Br. The Morgan fingerprint density at radius 1 is 1.29 bits per heavy atom. The minimum Gasteiger partial charge on any atom is -0.207 e. The fourth-order valence-electron chi connectivity index (χ4n) is 2.56. The second-order valence-electron chi connectivity index (χ2n) is 5.17. The highest BCUT2D eigenvalue weighted by atomic mass is 79.9. The van der Waals surface area contributed by atoms with Gasteiger partial charge >= 0.3 is 0 Å². The smallest absolute Gasteiger partial charge is 0.207 e. The molecule has 1 aliphatic rings. The van der Waals surface area contributed by atoms with Gasteiger partial charge in [0.1, 0.15) is 0 Å². The standard InChI is InChI=1S/C13H14BrClF2/c1-8-5-9(11(15)6-10(8)14)12(2)3-4-13(16,17)7-12/h5-6H,3-4,7H2,1-2H3. The van der Waals surface area contributed by atoms with Crippen LogP contribution >= 0.6 is 27.5 Å². The molecule has 0 saturated heterocycles. The van der Waals surface area contributed by atoms with Crippen molar-refractivity contribution in [1.29, 1.82) is 0 Å². The minimum absolute atomic E-state index is 0.0467. The van der Waals surface area contributed by atoms with Crippen LogP contribution < -0.4 is 0 Å². The third-order valence-electron chi connectivity index (χ3n) is 3.59. The highest BCUT2D eigenvalue weighted by Gasteiger charge is 2.48. The normalized spacial score (nSPS) is 27.4. The topological polar surface area (TPSA) is 0 Å². The molecule has 0 radical (unpaired) electrons. The van der Waals surface area contributed by atoms with Gasteiger partial charge in [-0.1, -0.05) is 40.5 Å². The van der Waals surface area contributed by atoms with Gasteiger partial charge in [0.05, 0.1) is 0 Å². The maximum atomic E-state index is 13.4. The molecule has 0 aliphatic heterocycles. The third kappa shape index (κ3) is 2.50. The van der Waals surface area contributed by atoms with Crippen LogP contribution in [0.4, 0.5) is 8.78 Å². The van der Waals surface area contributed by atoms with Crippen LogP contribution in [-0.2, 0) is 5.41 Å². The van der Waals surface area contributed by atoms with Crippen molar-refractivity contribution in [3.8, 4) is 0 Å². The Labute approximate surface area is 113 Å². The highest BCUT2D eigenvalue weighted by Crippen LogP contribution is 2.50. The minimum atomic E-state index is -2.56. The second kappa shape index (κ2) is 4.20. The summed E-state index contributed by atoms with van der Waals surface area (Å²) < 4.78 is 27.7. The monoisotopic (exact) mass is 322 g/mol. The first kappa shape index (κ1) is 13.3. The first-order valence-corrected chi connectivity index (χ1v) is 6.75. The molecule has 1 aromatic carbocycles. The van der Waals surface area contributed by atoms with E-state index < -0.39 is 11.3 Å². The molecule has 1 fully saturated rings.